The lowest BCUT2D eigenvalue weighted by Gasteiger charge is -2.36. The second kappa shape index (κ2) is 9.32. The smallest absolute Gasteiger partial charge is 0.257 e. The van der Waals surface area contributed by atoms with Crippen LogP contribution in [0.5, 0.6) is 5.75 Å². The van der Waals surface area contributed by atoms with Crippen LogP contribution in [0.1, 0.15) is 0 Å². The number of rotatable bonds is 7. The van der Waals surface area contributed by atoms with E-state index in [-0.39, 0.29) is 24.1 Å². The maximum Gasteiger partial charge on any atom is 0.257 e. The molecule has 144 valence electrons. The highest BCUT2D eigenvalue weighted by atomic mass is 19.1. The lowest BCUT2D eigenvalue weighted by atomic mass is 10.2. The number of hydrogen-bond acceptors (Lipinski definition) is 4. The number of hydrogen-bond donors (Lipinski definition) is 1. The molecule has 0 saturated carbocycles. The molecule has 1 fully saturated rings. The number of ether oxygens (including phenoxy) is 1. The third-order valence-corrected chi connectivity index (χ3v) is 4.51. The number of nitrogens with zero attached hydrogens (tertiary/aromatic N) is 2. The second-order valence-electron chi connectivity index (χ2n) is 6.37. The minimum Gasteiger partial charge on any atom is -0.481 e. The summed E-state index contributed by atoms with van der Waals surface area (Å²) in [5, 5.41) is 2.79. The number of para-hydroxylation sites is 1. The lowest BCUT2D eigenvalue weighted by molar-refractivity contribution is -0.123. The number of carbonyl (C=O) groups is 1. The highest BCUT2D eigenvalue weighted by Crippen LogP contribution is 2.17. The van der Waals surface area contributed by atoms with Crippen molar-refractivity contribution >= 4 is 11.6 Å². The molecule has 0 unspecified atom stereocenters. The van der Waals surface area contributed by atoms with Crippen LogP contribution in [0.4, 0.5) is 14.5 Å². The monoisotopic (exact) mass is 375 g/mol. The van der Waals surface area contributed by atoms with E-state index < -0.39 is 5.82 Å². The van der Waals surface area contributed by atoms with Gasteiger partial charge in [-0.15, -0.1) is 0 Å². The van der Waals surface area contributed by atoms with E-state index in [9.17, 15) is 13.6 Å². The summed E-state index contributed by atoms with van der Waals surface area (Å²) in [6, 6.07) is 12.5. The predicted octanol–water partition coefficient (Wildman–Crippen LogP) is 2.28. The molecule has 2 aromatic rings. The van der Waals surface area contributed by atoms with Crippen LogP contribution in [0.25, 0.3) is 0 Å². The van der Waals surface area contributed by atoms with E-state index in [1.807, 2.05) is 0 Å². The van der Waals surface area contributed by atoms with E-state index in [4.69, 9.17) is 4.74 Å². The first-order chi connectivity index (χ1) is 13.1. The van der Waals surface area contributed by atoms with E-state index >= 15 is 0 Å². The molecule has 0 aromatic heterocycles. The van der Waals surface area contributed by atoms with Crippen molar-refractivity contribution in [2.24, 2.45) is 0 Å². The predicted molar refractivity (Wildman–Crippen MR) is 100.0 cm³/mol. The number of amides is 1. The summed E-state index contributed by atoms with van der Waals surface area (Å²) < 4.78 is 31.6. The van der Waals surface area contributed by atoms with Gasteiger partial charge in [0.1, 0.15) is 5.82 Å². The van der Waals surface area contributed by atoms with Crippen molar-refractivity contribution in [3.05, 3.63) is 60.2 Å². The Hall–Kier alpha value is -2.67. The molecule has 5 nitrogen and oxygen atoms in total. The summed E-state index contributed by atoms with van der Waals surface area (Å²) in [6.45, 7) is 4.50. The van der Waals surface area contributed by atoms with Crippen LogP contribution in [0.15, 0.2) is 48.5 Å². The summed E-state index contributed by atoms with van der Waals surface area (Å²) in [5.41, 5.74) is 1.02. The Morgan fingerprint density at radius 3 is 2.41 bits per heavy atom. The Balaban J connectivity index is 1.32. The number of anilines is 1. The number of carbonyl (C=O) groups excluding carboxylic acids is 1. The van der Waals surface area contributed by atoms with Gasteiger partial charge in [0.05, 0.1) is 0 Å². The van der Waals surface area contributed by atoms with E-state index in [1.54, 1.807) is 24.3 Å². The standard InChI is InChI=1S/C20H23F2N3O2/c21-16-5-7-17(8-6-16)25-13-11-24(12-14-25)10-9-23-20(26)15-27-19-4-2-1-3-18(19)22/h1-8H,9-15H2,(H,23,26). The maximum absolute atomic E-state index is 13.4. The molecular weight excluding hydrogens is 352 g/mol. The average molecular weight is 375 g/mol. The fourth-order valence-corrected chi connectivity index (χ4v) is 2.99. The van der Waals surface area contributed by atoms with Crippen molar-refractivity contribution in [2.75, 3.05) is 50.8 Å². The minimum absolute atomic E-state index is 0.0737. The van der Waals surface area contributed by atoms with Gasteiger partial charge < -0.3 is 15.0 Å². The molecule has 1 N–H and O–H groups in total. The van der Waals surface area contributed by atoms with Gasteiger partial charge in [0.2, 0.25) is 0 Å². The summed E-state index contributed by atoms with van der Waals surface area (Å²) in [6.07, 6.45) is 0. The number of halogens is 2. The molecule has 1 heterocycles. The van der Waals surface area contributed by atoms with Gasteiger partial charge in [-0.05, 0) is 36.4 Å². The zero-order chi connectivity index (χ0) is 19.1. The van der Waals surface area contributed by atoms with Gasteiger partial charge in [-0.2, -0.15) is 0 Å². The normalized spacial score (nSPS) is 14.8. The zero-order valence-electron chi connectivity index (χ0n) is 15.0. The van der Waals surface area contributed by atoms with Crippen molar-refractivity contribution in [1.82, 2.24) is 10.2 Å². The topological polar surface area (TPSA) is 44.8 Å². The van der Waals surface area contributed by atoms with Gasteiger partial charge in [0, 0.05) is 45.0 Å². The fraction of sp³-hybridized carbons (Fsp3) is 0.350. The average Bonchev–Trinajstić information content (AvgIpc) is 2.69. The quantitative estimate of drug-likeness (QED) is 0.807. The molecule has 0 spiro atoms. The van der Waals surface area contributed by atoms with Crippen molar-refractivity contribution < 1.29 is 18.3 Å². The Kier molecular flexibility index (Phi) is 6.59. The SMILES string of the molecule is O=C(COc1ccccc1F)NCCN1CCN(c2ccc(F)cc2)CC1. The zero-order valence-corrected chi connectivity index (χ0v) is 15.0. The van der Waals surface area contributed by atoms with Gasteiger partial charge in [-0.3, -0.25) is 9.69 Å². The van der Waals surface area contributed by atoms with Crippen LogP contribution in [0.3, 0.4) is 0 Å². The van der Waals surface area contributed by atoms with Gasteiger partial charge in [-0.1, -0.05) is 12.1 Å². The molecule has 2 aromatic carbocycles. The van der Waals surface area contributed by atoms with Gasteiger partial charge >= 0.3 is 0 Å². The van der Waals surface area contributed by atoms with E-state index in [0.717, 1.165) is 38.4 Å². The molecule has 1 amide bonds. The summed E-state index contributed by atoms with van der Waals surface area (Å²) in [4.78, 5) is 16.3. The van der Waals surface area contributed by atoms with Crippen LogP contribution in [-0.4, -0.2) is 56.7 Å². The molecular formula is C20H23F2N3O2. The highest BCUT2D eigenvalue weighted by molar-refractivity contribution is 5.77. The lowest BCUT2D eigenvalue weighted by Crippen LogP contribution is -2.48. The number of nitrogens with one attached hydrogen (secondary N) is 1. The van der Waals surface area contributed by atoms with Crippen molar-refractivity contribution in [2.45, 2.75) is 0 Å². The molecule has 1 aliphatic rings. The summed E-state index contributed by atoms with van der Waals surface area (Å²) in [7, 11) is 0. The fourth-order valence-electron chi connectivity index (χ4n) is 2.99. The Morgan fingerprint density at radius 1 is 1.00 bits per heavy atom. The van der Waals surface area contributed by atoms with E-state index in [0.29, 0.717) is 6.54 Å². The number of piperazine rings is 1. The van der Waals surface area contributed by atoms with E-state index in [2.05, 4.69) is 15.1 Å². The molecule has 0 aliphatic carbocycles. The first-order valence-electron chi connectivity index (χ1n) is 8.99. The first-order valence-corrected chi connectivity index (χ1v) is 8.99. The Morgan fingerprint density at radius 2 is 1.70 bits per heavy atom. The Bertz CT molecular complexity index is 747. The van der Waals surface area contributed by atoms with Crippen LogP contribution in [-0.2, 0) is 4.79 Å². The maximum atomic E-state index is 13.4. The van der Waals surface area contributed by atoms with Crippen LogP contribution in [0.2, 0.25) is 0 Å². The third kappa shape index (κ3) is 5.65. The molecule has 1 aliphatic heterocycles. The van der Waals surface area contributed by atoms with Crippen molar-refractivity contribution in [3.63, 3.8) is 0 Å². The Labute approximate surface area is 157 Å². The summed E-state index contributed by atoms with van der Waals surface area (Å²) in [5.74, 6) is -0.913. The van der Waals surface area contributed by atoms with Crippen molar-refractivity contribution in [1.29, 1.82) is 0 Å². The van der Waals surface area contributed by atoms with Crippen LogP contribution < -0.4 is 15.0 Å². The van der Waals surface area contributed by atoms with Crippen molar-refractivity contribution in [3.8, 4) is 5.75 Å². The minimum atomic E-state index is -0.482. The van der Waals surface area contributed by atoms with Gasteiger partial charge in [0.15, 0.2) is 18.2 Å². The summed E-state index contributed by atoms with van der Waals surface area (Å²) >= 11 is 0. The van der Waals surface area contributed by atoms with E-state index in [1.165, 1.54) is 24.3 Å². The first kappa shape index (κ1) is 19.1. The molecule has 3 rings (SSSR count). The van der Waals surface area contributed by atoms with Gasteiger partial charge in [0.25, 0.3) is 5.91 Å². The largest absolute Gasteiger partial charge is 0.481 e. The molecule has 0 bridgehead atoms. The molecule has 1 saturated heterocycles. The highest BCUT2D eigenvalue weighted by Gasteiger charge is 2.17. The molecule has 0 radical (unpaired) electrons. The number of benzene rings is 2. The molecule has 27 heavy (non-hydrogen) atoms. The molecule has 0 atom stereocenters. The van der Waals surface area contributed by atoms with Crippen LogP contribution in [0, 0.1) is 11.6 Å². The second-order valence-corrected chi connectivity index (χ2v) is 6.37. The van der Waals surface area contributed by atoms with Gasteiger partial charge in [-0.25, -0.2) is 8.78 Å². The van der Waals surface area contributed by atoms with Crippen LogP contribution >= 0.6 is 0 Å². The third-order valence-electron chi connectivity index (χ3n) is 4.51. The molecule has 7 heteroatoms.